The summed E-state index contributed by atoms with van der Waals surface area (Å²) in [5, 5.41) is 8.33. The SMILES string of the molecule is Cc1nnn(C)c1-c1ccc2nc(C)n([C@@](C)(c3ccccc3)c3ncccc3F)c2c1. The van der Waals surface area contributed by atoms with Crippen molar-refractivity contribution < 1.29 is 4.39 Å². The molecule has 160 valence electrons. The number of pyridine rings is 1. The molecule has 0 amide bonds. The molecule has 6 nitrogen and oxygen atoms in total. The lowest BCUT2D eigenvalue weighted by molar-refractivity contribution is 0.433. The van der Waals surface area contributed by atoms with Crippen LogP contribution in [0.5, 0.6) is 0 Å². The van der Waals surface area contributed by atoms with Gasteiger partial charge >= 0.3 is 0 Å². The lowest BCUT2D eigenvalue weighted by Crippen LogP contribution is -2.35. The number of hydrogen-bond donors (Lipinski definition) is 0. The van der Waals surface area contributed by atoms with Gasteiger partial charge in [0.2, 0.25) is 0 Å². The van der Waals surface area contributed by atoms with Gasteiger partial charge < -0.3 is 4.57 Å². The fourth-order valence-corrected chi connectivity index (χ4v) is 4.64. The lowest BCUT2D eigenvalue weighted by Gasteiger charge is -2.33. The minimum Gasteiger partial charge on any atom is -0.312 e. The zero-order valence-corrected chi connectivity index (χ0v) is 18.4. The van der Waals surface area contributed by atoms with Crippen molar-refractivity contribution in [2.24, 2.45) is 7.05 Å². The maximum absolute atomic E-state index is 15.2. The van der Waals surface area contributed by atoms with Crippen molar-refractivity contribution in [3.05, 3.63) is 95.5 Å². The molecule has 0 spiro atoms. The van der Waals surface area contributed by atoms with Crippen LogP contribution in [-0.4, -0.2) is 29.5 Å². The first-order valence-electron chi connectivity index (χ1n) is 10.4. The van der Waals surface area contributed by atoms with E-state index in [1.807, 2.05) is 70.3 Å². The molecule has 0 aliphatic rings. The smallest absolute Gasteiger partial charge is 0.147 e. The molecule has 0 unspecified atom stereocenters. The molecule has 32 heavy (non-hydrogen) atoms. The third kappa shape index (κ3) is 2.92. The maximum Gasteiger partial charge on any atom is 0.147 e. The van der Waals surface area contributed by atoms with Crippen molar-refractivity contribution in [1.29, 1.82) is 0 Å². The molecule has 3 heterocycles. The van der Waals surface area contributed by atoms with Gasteiger partial charge in [0.05, 0.1) is 22.4 Å². The Morgan fingerprint density at radius 3 is 2.44 bits per heavy atom. The van der Waals surface area contributed by atoms with Crippen molar-refractivity contribution in [2.45, 2.75) is 26.3 Å². The van der Waals surface area contributed by atoms with Gasteiger partial charge in [0, 0.05) is 18.8 Å². The summed E-state index contributed by atoms with van der Waals surface area (Å²) >= 11 is 0. The van der Waals surface area contributed by atoms with Crippen LogP contribution in [0.15, 0.2) is 66.9 Å². The van der Waals surface area contributed by atoms with Gasteiger partial charge in [0.15, 0.2) is 0 Å². The Hall–Kier alpha value is -3.87. The van der Waals surface area contributed by atoms with Crippen LogP contribution in [0.3, 0.4) is 0 Å². The molecule has 0 saturated heterocycles. The Labute approximate surface area is 185 Å². The fourth-order valence-electron chi connectivity index (χ4n) is 4.64. The van der Waals surface area contributed by atoms with Gasteiger partial charge in [-0.15, -0.1) is 5.10 Å². The second-order valence-electron chi connectivity index (χ2n) is 8.12. The van der Waals surface area contributed by atoms with E-state index in [2.05, 4.69) is 25.9 Å². The van der Waals surface area contributed by atoms with Crippen LogP contribution in [0.2, 0.25) is 0 Å². The van der Waals surface area contributed by atoms with Crippen molar-refractivity contribution in [3.63, 3.8) is 0 Å². The zero-order valence-electron chi connectivity index (χ0n) is 18.4. The molecule has 0 aliphatic heterocycles. The fraction of sp³-hybridized carbons (Fsp3) is 0.200. The molecule has 2 aromatic carbocycles. The van der Waals surface area contributed by atoms with Gasteiger partial charge in [-0.1, -0.05) is 41.6 Å². The van der Waals surface area contributed by atoms with E-state index in [1.165, 1.54) is 6.07 Å². The summed E-state index contributed by atoms with van der Waals surface area (Å²) in [5.41, 5.74) is 4.82. The van der Waals surface area contributed by atoms with Gasteiger partial charge in [-0.25, -0.2) is 14.1 Å². The highest BCUT2D eigenvalue weighted by Crippen LogP contribution is 2.38. The van der Waals surface area contributed by atoms with Crippen molar-refractivity contribution in [2.75, 3.05) is 0 Å². The Morgan fingerprint density at radius 1 is 0.969 bits per heavy atom. The number of nitrogens with zero attached hydrogens (tertiary/aromatic N) is 6. The molecule has 0 aliphatic carbocycles. The first kappa shape index (κ1) is 20.1. The van der Waals surface area contributed by atoms with Crippen LogP contribution in [-0.2, 0) is 12.6 Å². The van der Waals surface area contributed by atoms with Gasteiger partial charge in [-0.3, -0.25) is 4.98 Å². The third-order valence-corrected chi connectivity index (χ3v) is 6.09. The molecular weight excluding hydrogens is 403 g/mol. The van der Waals surface area contributed by atoms with Gasteiger partial charge in [0.25, 0.3) is 0 Å². The van der Waals surface area contributed by atoms with Crippen LogP contribution in [0.4, 0.5) is 4.39 Å². The number of imidazole rings is 1. The van der Waals surface area contributed by atoms with Gasteiger partial charge in [0.1, 0.15) is 22.9 Å². The summed E-state index contributed by atoms with van der Waals surface area (Å²) in [6.45, 7) is 5.87. The van der Waals surface area contributed by atoms with Gasteiger partial charge in [-0.2, -0.15) is 0 Å². The summed E-state index contributed by atoms with van der Waals surface area (Å²) in [4.78, 5) is 9.29. The first-order chi connectivity index (χ1) is 15.4. The first-order valence-corrected chi connectivity index (χ1v) is 10.4. The van der Waals surface area contributed by atoms with Crippen LogP contribution in [0.1, 0.15) is 29.7 Å². The largest absolute Gasteiger partial charge is 0.312 e. The standard InChI is InChI=1S/C25H23FN6/c1-16-23(31(4)30-29-16)18-12-13-21-22(15-18)32(17(2)28-21)25(3,19-9-6-5-7-10-19)24-20(26)11-8-14-27-24/h5-15H,1-4H3/t25-/m0/s1. The number of hydrogen-bond acceptors (Lipinski definition) is 4. The number of benzene rings is 2. The number of aromatic nitrogens is 6. The van der Waals surface area contributed by atoms with E-state index in [1.54, 1.807) is 16.9 Å². The van der Waals surface area contributed by atoms with Gasteiger partial charge in [-0.05, 0) is 50.6 Å². The van der Waals surface area contributed by atoms with Crippen molar-refractivity contribution >= 4 is 11.0 Å². The summed E-state index contributed by atoms with van der Waals surface area (Å²) in [6.07, 6.45) is 1.63. The quantitative estimate of drug-likeness (QED) is 0.414. The summed E-state index contributed by atoms with van der Waals surface area (Å²) in [7, 11) is 1.87. The number of halogens is 1. The minimum absolute atomic E-state index is 0.345. The highest BCUT2D eigenvalue weighted by atomic mass is 19.1. The predicted molar refractivity (Wildman–Crippen MR) is 122 cm³/mol. The molecule has 5 rings (SSSR count). The monoisotopic (exact) mass is 426 g/mol. The average Bonchev–Trinajstić information content (AvgIpc) is 3.31. The molecular formula is C25H23FN6. The van der Waals surface area contributed by atoms with Crippen molar-refractivity contribution in [3.8, 4) is 11.3 Å². The summed E-state index contributed by atoms with van der Waals surface area (Å²) < 4.78 is 19.0. The zero-order chi connectivity index (χ0) is 22.5. The van der Waals surface area contributed by atoms with Crippen LogP contribution in [0, 0.1) is 19.7 Å². The lowest BCUT2D eigenvalue weighted by atomic mass is 9.86. The molecule has 0 N–H and O–H groups in total. The van der Waals surface area contributed by atoms with E-state index in [9.17, 15) is 0 Å². The number of fused-ring (bicyclic) bond motifs is 1. The molecule has 1 atom stereocenters. The molecule has 0 fully saturated rings. The van der Waals surface area contributed by atoms with Crippen LogP contribution >= 0.6 is 0 Å². The third-order valence-electron chi connectivity index (χ3n) is 6.09. The Bertz CT molecular complexity index is 1420. The van der Waals surface area contributed by atoms with E-state index in [0.29, 0.717) is 5.69 Å². The molecule has 0 saturated carbocycles. The molecule has 5 aromatic rings. The molecule has 7 heteroatoms. The van der Waals surface area contributed by atoms with Crippen molar-refractivity contribution in [1.82, 2.24) is 29.5 Å². The molecule has 0 radical (unpaired) electrons. The minimum atomic E-state index is -0.913. The van der Waals surface area contributed by atoms with Crippen LogP contribution in [0.25, 0.3) is 22.3 Å². The summed E-state index contributed by atoms with van der Waals surface area (Å²) in [5.74, 6) is 0.413. The number of aryl methyl sites for hydroxylation is 3. The van der Waals surface area contributed by atoms with E-state index in [0.717, 1.165) is 39.4 Å². The molecule has 0 bridgehead atoms. The molecule has 3 aromatic heterocycles. The maximum atomic E-state index is 15.2. The van der Waals surface area contributed by atoms with E-state index in [-0.39, 0.29) is 5.82 Å². The average molecular weight is 426 g/mol. The topological polar surface area (TPSA) is 61.4 Å². The highest BCUT2D eigenvalue weighted by molar-refractivity contribution is 5.83. The number of rotatable bonds is 4. The Kier molecular flexibility index (Phi) is 4.62. The second-order valence-corrected chi connectivity index (χ2v) is 8.12. The second kappa shape index (κ2) is 7.37. The summed E-state index contributed by atoms with van der Waals surface area (Å²) in [6, 6.07) is 19.0. The Morgan fingerprint density at radius 2 is 1.75 bits per heavy atom. The van der Waals surface area contributed by atoms with Crippen LogP contribution < -0.4 is 0 Å². The highest BCUT2D eigenvalue weighted by Gasteiger charge is 2.37. The van der Waals surface area contributed by atoms with E-state index >= 15 is 4.39 Å². The normalized spacial score (nSPS) is 13.4. The van der Waals surface area contributed by atoms with E-state index in [4.69, 9.17) is 4.98 Å². The predicted octanol–water partition coefficient (Wildman–Crippen LogP) is 4.79. The Balaban J connectivity index is 1.85. The van der Waals surface area contributed by atoms with E-state index < -0.39 is 5.54 Å².